The Morgan fingerprint density at radius 3 is 2.74 bits per heavy atom. The van der Waals surface area contributed by atoms with Crippen LogP contribution in [0.15, 0.2) is 36.0 Å². The quantitative estimate of drug-likeness (QED) is 0.424. The van der Waals surface area contributed by atoms with Crippen molar-refractivity contribution in [1.29, 1.82) is 0 Å². The number of aromatic nitrogens is 3. The zero-order valence-corrected chi connectivity index (χ0v) is 20.2. The molecule has 0 spiro atoms. The molecule has 1 aromatic carbocycles. The van der Waals surface area contributed by atoms with Crippen LogP contribution in [0, 0.1) is 5.82 Å². The van der Waals surface area contributed by atoms with E-state index in [1.165, 1.54) is 24.5 Å². The fourth-order valence-electron chi connectivity index (χ4n) is 3.31. The lowest BCUT2D eigenvalue weighted by Gasteiger charge is -2.14. The van der Waals surface area contributed by atoms with E-state index in [4.69, 9.17) is 4.74 Å². The number of sulfonamides is 1. The van der Waals surface area contributed by atoms with E-state index >= 15 is 0 Å². The number of amides is 1. The predicted octanol–water partition coefficient (Wildman–Crippen LogP) is 4.17. The van der Waals surface area contributed by atoms with Gasteiger partial charge in [0.15, 0.2) is 5.13 Å². The summed E-state index contributed by atoms with van der Waals surface area (Å²) in [5, 5.41) is 4.10. The first-order chi connectivity index (χ1) is 16.3. The summed E-state index contributed by atoms with van der Waals surface area (Å²) < 4.78 is 46.9. The number of ether oxygens (including phenoxy) is 1. The molecule has 3 aromatic rings. The molecule has 0 aliphatic heterocycles. The molecule has 1 aliphatic carbocycles. The average molecular weight is 506 g/mol. The van der Waals surface area contributed by atoms with E-state index in [9.17, 15) is 17.6 Å². The van der Waals surface area contributed by atoms with Crippen LogP contribution in [-0.2, 0) is 14.8 Å². The summed E-state index contributed by atoms with van der Waals surface area (Å²) in [5.74, 6) is -1.39. The average Bonchev–Trinajstić information content (AvgIpc) is 3.58. The highest BCUT2D eigenvalue weighted by Gasteiger charge is 2.36. The molecule has 1 saturated carbocycles. The molecular formula is C22H24FN5O4S2. The van der Waals surface area contributed by atoms with Gasteiger partial charge in [0.25, 0.3) is 0 Å². The van der Waals surface area contributed by atoms with E-state index < -0.39 is 27.7 Å². The minimum Gasteiger partial charge on any atom is -0.477 e. The second-order valence-corrected chi connectivity index (χ2v) is 10.6. The van der Waals surface area contributed by atoms with Crippen LogP contribution >= 0.6 is 11.3 Å². The molecule has 0 bridgehead atoms. The van der Waals surface area contributed by atoms with Gasteiger partial charge >= 0.3 is 0 Å². The van der Waals surface area contributed by atoms with Gasteiger partial charge in [0.2, 0.25) is 21.8 Å². The summed E-state index contributed by atoms with van der Waals surface area (Å²) in [6, 6.07) is 4.36. The van der Waals surface area contributed by atoms with Crippen molar-refractivity contribution >= 4 is 38.1 Å². The van der Waals surface area contributed by atoms with Gasteiger partial charge in [-0.3, -0.25) is 14.5 Å². The lowest BCUT2D eigenvalue weighted by molar-refractivity contribution is -0.117. The van der Waals surface area contributed by atoms with Crippen LogP contribution in [-0.4, -0.2) is 41.1 Å². The second-order valence-electron chi connectivity index (χ2n) is 7.74. The third kappa shape index (κ3) is 5.50. The number of anilines is 2. The number of carbonyl (C=O) groups excluding carboxylic acids is 1. The molecule has 2 N–H and O–H groups in total. The van der Waals surface area contributed by atoms with Crippen LogP contribution in [0.2, 0.25) is 0 Å². The number of nitrogens with one attached hydrogen (secondary N) is 2. The molecule has 1 aliphatic rings. The Balaban J connectivity index is 1.46. The molecule has 4 rings (SSSR count). The van der Waals surface area contributed by atoms with Crippen LogP contribution in [0.1, 0.15) is 44.7 Å². The summed E-state index contributed by atoms with van der Waals surface area (Å²) in [6.45, 7) is 4.07. The number of hydrogen-bond donors (Lipinski definition) is 2. The first-order valence-corrected chi connectivity index (χ1v) is 13.3. The van der Waals surface area contributed by atoms with Crippen molar-refractivity contribution < 1.29 is 22.3 Å². The van der Waals surface area contributed by atoms with Gasteiger partial charge in [-0.1, -0.05) is 13.0 Å². The van der Waals surface area contributed by atoms with E-state index in [0.717, 1.165) is 11.3 Å². The van der Waals surface area contributed by atoms with Gasteiger partial charge < -0.3 is 10.1 Å². The Kier molecular flexibility index (Phi) is 7.08. The fraction of sp³-hybridized carbons (Fsp3) is 0.364. The lowest BCUT2D eigenvalue weighted by atomic mass is 10.0. The van der Waals surface area contributed by atoms with Gasteiger partial charge in [-0.05, 0) is 38.3 Å². The molecule has 0 radical (unpaired) electrons. The molecule has 1 atom stereocenters. The highest BCUT2D eigenvalue weighted by Crippen LogP contribution is 2.32. The maximum Gasteiger partial charge on any atom is 0.237 e. The third-order valence-electron chi connectivity index (χ3n) is 5.22. The van der Waals surface area contributed by atoms with E-state index in [1.54, 1.807) is 18.4 Å². The maximum atomic E-state index is 14.8. The van der Waals surface area contributed by atoms with E-state index in [2.05, 4.69) is 25.0 Å². The van der Waals surface area contributed by atoms with E-state index in [-0.39, 0.29) is 16.1 Å². The van der Waals surface area contributed by atoms with Crippen LogP contribution in [0.5, 0.6) is 5.88 Å². The Morgan fingerprint density at radius 1 is 1.26 bits per heavy atom. The smallest absolute Gasteiger partial charge is 0.237 e. The molecular weight excluding hydrogens is 481 g/mol. The molecule has 1 amide bonds. The first kappa shape index (κ1) is 24.0. The topological polar surface area (TPSA) is 123 Å². The molecule has 1 fully saturated rings. The first-order valence-electron chi connectivity index (χ1n) is 10.8. The summed E-state index contributed by atoms with van der Waals surface area (Å²) in [4.78, 5) is 25.5. The molecule has 2 heterocycles. The zero-order chi connectivity index (χ0) is 24.3. The van der Waals surface area contributed by atoms with Crippen LogP contribution < -0.4 is 14.8 Å². The summed E-state index contributed by atoms with van der Waals surface area (Å²) in [6.07, 6.45) is 4.67. The monoisotopic (exact) mass is 505 g/mol. The fourth-order valence-corrected chi connectivity index (χ4v) is 5.67. The largest absolute Gasteiger partial charge is 0.477 e. The maximum absolute atomic E-state index is 14.8. The summed E-state index contributed by atoms with van der Waals surface area (Å²) in [7, 11) is -3.44. The molecule has 0 unspecified atom stereocenters. The summed E-state index contributed by atoms with van der Waals surface area (Å²) >= 11 is 1.12. The van der Waals surface area contributed by atoms with Crippen molar-refractivity contribution in [2.45, 2.75) is 44.3 Å². The van der Waals surface area contributed by atoms with Gasteiger partial charge in [-0.15, -0.1) is 11.3 Å². The molecule has 0 saturated heterocycles. The number of carbonyl (C=O) groups is 1. The van der Waals surface area contributed by atoms with Gasteiger partial charge in [0, 0.05) is 10.9 Å². The van der Waals surface area contributed by atoms with Crippen molar-refractivity contribution in [1.82, 2.24) is 15.0 Å². The van der Waals surface area contributed by atoms with E-state index in [0.29, 0.717) is 48.7 Å². The number of nitrogens with zero attached hydrogens (tertiary/aromatic N) is 3. The van der Waals surface area contributed by atoms with Crippen molar-refractivity contribution in [2.75, 3.05) is 16.6 Å². The van der Waals surface area contributed by atoms with Crippen LogP contribution in [0.3, 0.4) is 0 Å². The molecule has 9 nitrogen and oxygen atoms in total. The number of rotatable bonds is 10. The third-order valence-corrected chi connectivity index (χ3v) is 7.96. The normalized spacial score (nSPS) is 14.4. The second kappa shape index (κ2) is 10.0. The Hall–Kier alpha value is -3.12. The van der Waals surface area contributed by atoms with E-state index in [1.807, 2.05) is 6.92 Å². The lowest BCUT2D eigenvalue weighted by Crippen LogP contribution is -2.22. The minimum atomic E-state index is -3.44. The van der Waals surface area contributed by atoms with Gasteiger partial charge in [-0.2, -0.15) is 0 Å². The van der Waals surface area contributed by atoms with Crippen molar-refractivity contribution in [3.8, 4) is 17.1 Å². The van der Waals surface area contributed by atoms with Crippen molar-refractivity contribution in [3.63, 3.8) is 0 Å². The Bertz CT molecular complexity index is 1290. The molecule has 2 aromatic heterocycles. The highest BCUT2D eigenvalue weighted by molar-refractivity contribution is 7.93. The molecule has 34 heavy (non-hydrogen) atoms. The molecule has 180 valence electrons. The molecule has 12 heteroatoms. The van der Waals surface area contributed by atoms with Gasteiger partial charge in [0.1, 0.15) is 5.82 Å². The van der Waals surface area contributed by atoms with Crippen LogP contribution in [0.25, 0.3) is 11.3 Å². The standard InChI is InChI=1S/C22H24FN5O4S2/c1-3-15(19-12-33-22(27-19)28-34(30,31)14-6-7-14)21(29)26-17-8-5-13(9-16(17)23)18-10-24-11-20(25-18)32-4-2/h5,8-12,14-15H,3-4,6-7H2,1-2H3,(H,26,29)(H,27,28)/t15-/m0/s1. The number of hydrogen-bond acceptors (Lipinski definition) is 8. The predicted molar refractivity (Wildman–Crippen MR) is 128 cm³/mol. The Labute approximate surface area is 200 Å². The number of thiazole rings is 1. The summed E-state index contributed by atoms with van der Waals surface area (Å²) in [5.41, 5.74) is 1.38. The SMILES string of the molecule is CCOc1cncc(-c2ccc(NC(=O)[C@@H](CC)c3csc(NS(=O)(=O)C4CC4)n3)c(F)c2)n1. The number of benzene rings is 1. The highest BCUT2D eigenvalue weighted by atomic mass is 32.2. The zero-order valence-electron chi connectivity index (χ0n) is 18.6. The van der Waals surface area contributed by atoms with Gasteiger partial charge in [0.05, 0.1) is 47.2 Å². The van der Waals surface area contributed by atoms with Crippen molar-refractivity contribution in [3.05, 3.63) is 47.5 Å². The van der Waals surface area contributed by atoms with Crippen LogP contribution in [0.4, 0.5) is 15.2 Å². The Morgan fingerprint density at radius 2 is 2.06 bits per heavy atom. The minimum absolute atomic E-state index is 0.0195. The van der Waals surface area contributed by atoms with Gasteiger partial charge in [-0.25, -0.2) is 22.8 Å². The number of halogens is 1. The van der Waals surface area contributed by atoms with Crippen molar-refractivity contribution in [2.24, 2.45) is 0 Å².